The van der Waals surface area contributed by atoms with E-state index in [0.717, 1.165) is 44.6 Å². The highest BCUT2D eigenvalue weighted by Gasteiger charge is 2.35. The summed E-state index contributed by atoms with van der Waals surface area (Å²) in [5.41, 5.74) is 5.31. The number of pyridine rings is 1. The molecule has 5 rings (SSSR count). The van der Waals surface area contributed by atoms with Gasteiger partial charge in [0.05, 0.1) is 5.69 Å². The van der Waals surface area contributed by atoms with E-state index in [0.29, 0.717) is 19.4 Å². The van der Waals surface area contributed by atoms with E-state index in [4.69, 9.17) is 4.52 Å². The lowest BCUT2D eigenvalue weighted by Gasteiger charge is -2.28. The van der Waals surface area contributed by atoms with Gasteiger partial charge in [0.1, 0.15) is 12.0 Å². The van der Waals surface area contributed by atoms with Gasteiger partial charge in [0, 0.05) is 59.2 Å². The van der Waals surface area contributed by atoms with Crippen molar-refractivity contribution in [3.8, 4) is 22.3 Å². The van der Waals surface area contributed by atoms with Crippen molar-refractivity contribution in [1.82, 2.24) is 14.7 Å². The quantitative estimate of drug-likeness (QED) is 0.241. The van der Waals surface area contributed by atoms with Gasteiger partial charge in [-0.1, -0.05) is 17.3 Å². The summed E-state index contributed by atoms with van der Waals surface area (Å²) in [4.78, 5) is 14.5. The van der Waals surface area contributed by atoms with Crippen molar-refractivity contribution in [3.63, 3.8) is 0 Å². The highest BCUT2D eigenvalue weighted by Crippen LogP contribution is 2.39. The Bertz CT molecular complexity index is 1350. The Balaban J connectivity index is 1.59. The first kappa shape index (κ1) is 22.2. The van der Waals surface area contributed by atoms with Crippen LogP contribution in [-0.2, 0) is 6.54 Å². The van der Waals surface area contributed by atoms with E-state index in [1.54, 1.807) is 6.07 Å². The van der Waals surface area contributed by atoms with Crippen molar-refractivity contribution in [2.45, 2.75) is 52.0 Å². The van der Waals surface area contributed by atoms with Gasteiger partial charge < -0.3 is 19.2 Å². The summed E-state index contributed by atoms with van der Waals surface area (Å²) in [6.07, 6.45) is 4.29. The minimum atomic E-state index is -2.57. The maximum Gasteiger partial charge on any atom is 0.363 e. The average Bonchev–Trinajstić information content (AvgIpc) is 3.34. The molecule has 7 nitrogen and oxygen atoms in total. The smallest absolute Gasteiger partial charge is 0.361 e. The van der Waals surface area contributed by atoms with Gasteiger partial charge >= 0.3 is 5.82 Å². The number of hydrogen-bond donors (Lipinski definition) is 0. The highest BCUT2D eigenvalue weighted by atomic mass is 19.3. The van der Waals surface area contributed by atoms with Crippen LogP contribution in [0.5, 0.6) is 0 Å². The standard InChI is InChI=1S/C25H24F2N4O3/c1-15-24(16(2)34-29-15)18-3-5-20-21(19-4-6-23(28-12-19)31(32)33)14-30(22(20)11-18)13-17-7-9-25(26,27)10-8-17/h3-6,11-12,14,17H,7-10,13H2,1-2H3. The fourth-order valence-corrected chi connectivity index (χ4v) is 4.94. The Kier molecular flexibility index (Phi) is 5.42. The van der Waals surface area contributed by atoms with Crippen LogP contribution in [0.15, 0.2) is 47.2 Å². The maximum atomic E-state index is 13.7. The van der Waals surface area contributed by atoms with Crippen molar-refractivity contribution in [2.75, 3.05) is 0 Å². The van der Waals surface area contributed by atoms with Crippen LogP contribution in [0.4, 0.5) is 14.6 Å². The van der Waals surface area contributed by atoms with Crippen LogP contribution in [0.3, 0.4) is 0 Å². The van der Waals surface area contributed by atoms with Gasteiger partial charge in [0.15, 0.2) is 0 Å². The number of aryl methyl sites for hydroxylation is 2. The molecule has 0 unspecified atom stereocenters. The summed E-state index contributed by atoms with van der Waals surface area (Å²) >= 11 is 0. The first-order chi connectivity index (χ1) is 16.2. The first-order valence-electron chi connectivity index (χ1n) is 11.3. The Morgan fingerprint density at radius 3 is 2.53 bits per heavy atom. The second-order valence-corrected chi connectivity index (χ2v) is 9.09. The number of alkyl halides is 2. The zero-order valence-corrected chi connectivity index (χ0v) is 18.9. The molecule has 0 bridgehead atoms. The van der Waals surface area contributed by atoms with E-state index in [9.17, 15) is 18.9 Å². The monoisotopic (exact) mass is 466 g/mol. The van der Waals surface area contributed by atoms with E-state index in [-0.39, 0.29) is 24.6 Å². The molecule has 3 heterocycles. The third kappa shape index (κ3) is 4.06. The van der Waals surface area contributed by atoms with Crippen molar-refractivity contribution < 1.29 is 18.2 Å². The van der Waals surface area contributed by atoms with Gasteiger partial charge in [-0.15, -0.1) is 0 Å². The zero-order valence-electron chi connectivity index (χ0n) is 18.9. The summed E-state index contributed by atoms with van der Waals surface area (Å²) in [5.74, 6) is -1.90. The Labute approximate surface area is 194 Å². The maximum absolute atomic E-state index is 13.7. The predicted molar refractivity (Wildman–Crippen MR) is 124 cm³/mol. The lowest BCUT2D eigenvalue weighted by atomic mass is 9.87. The van der Waals surface area contributed by atoms with Crippen LogP contribution in [0, 0.1) is 29.9 Å². The third-order valence-corrected chi connectivity index (χ3v) is 6.74. The number of rotatable bonds is 5. The minimum Gasteiger partial charge on any atom is -0.361 e. The fraction of sp³-hybridized carbons (Fsp3) is 0.360. The van der Waals surface area contributed by atoms with Crippen molar-refractivity contribution in [2.24, 2.45) is 5.92 Å². The molecule has 1 aliphatic rings. The van der Waals surface area contributed by atoms with Crippen LogP contribution in [0.25, 0.3) is 33.2 Å². The molecule has 34 heavy (non-hydrogen) atoms. The van der Waals surface area contributed by atoms with Crippen LogP contribution < -0.4 is 0 Å². The molecule has 4 aromatic rings. The SMILES string of the molecule is Cc1noc(C)c1-c1ccc2c(-c3ccc([N+](=O)[O-])nc3)cn(CC3CCC(F)(F)CC3)c2c1. The Morgan fingerprint density at radius 2 is 1.91 bits per heavy atom. The summed E-state index contributed by atoms with van der Waals surface area (Å²) in [6, 6.07) is 9.16. The number of aromatic nitrogens is 3. The van der Waals surface area contributed by atoms with Gasteiger partial charge in [-0.25, -0.2) is 8.78 Å². The van der Waals surface area contributed by atoms with Gasteiger partial charge in [-0.2, -0.15) is 0 Å². The largest absolute Gasteiger partial charge is 0.363 e. The van der Waals surface area contributed by atoms with Crippen LogP contribution in [0.2, 0.25) is 0 Å². The van der Waals surface area contributed by atoms with Gasteiger partial charge in [-0.05, 0) is 60.2 Å². The van der Waals surface area contributed by atoms with E-state index in [1.165, 1.54) is 12.3 Å². The second kappa shape index (κ2) is 8.30. The minimum absolute atomic E-state index is 0.0830. The van der Waals surface area contributed by atoms with E-state index in [2.05, 4.69) is 20.8 Å². The summed E-state index contributed by atoms with van der Waals surface area (Å²) in [5, 5.41) is 16.0. The number of halogens is 2. The van der Waals surface area contributed by atoms with Crippen LogP contribution in [-0.4, -0.2) is 25.6 Å². The lowest BCUT2D eigenvalue weighted by Crippen LogP contribution is -2.26. The molecule has 1 aromatic carbocycles. The summed E-state index contributed by atoms with van der Waals surface area (Å²) in [7, 11) is 0. The molecular formula is C25H24F2N4O3. The Morgan fingerprint density at radius 1 is 1.18 bits per heavy atom. The molecule has 3 aromatic heterocycles. The third-order valence-electron chi connectivity index (χ3n) is 6.74. The molecule has 0 saturated heterocycles. The molecule has 1 fully saturated rings. The molecule has 1 saturated carbocycles. The molecule has 0 radical (unpaired) electrons. The Hall–Kier alpha value is -3.62. The normalized spacial score (nSPS) is 16.2. The summed E-state index contributed by atoms with van der Waals surface area (Å²) in [6.45, 7) is 4.39. The van der Waals surface area contributed by atoms with E-state index >= 15 is 0 Å². The van der Waals surface area contributed by atoms with Gasteiger partial charge in [0.25, 0.3) is 0 Å². The molecule has 0 aliphatic heterocycles. The van der Waals surface area contributed by atoms with Crippen molar-refractivity contribution in [3.05, 3.63) is 64.3 Å². The molecular weight excluding hydrogens is 442 g/mol. The van der Waals surface area contributed by atoms with Gasteiger partial charge in [-0.3, -0.25) is 0 Å². The predicted octanol–water partition coefficient (Wildman–Crippen LogP) is 6.71. The molecule has 0 N–H and O–H groups in total. The second-order valence-electron chi connectivity index (χ2n) is 9.09. The van der Waals surface area contributed by atoms with Crippen molar-refractivity contribution >= 4 is 16.7 Å². The molecule has 0 spiro atoms. The summed E-state index contributed by atoms with van der Waals surface area (Å²) < 4.78 is 34.8. The van der Waals surface area contributed by atoms with Crippen LogP contribution in [0.1, 0.15) is 37.1 Å². The topological polar surface area (TPSA) is 87.0 Å². The highest BCUT2D eigenvalue weighted by molar-refractivity contribution is 5.98. The molecule has 9 heteroatoms. The molecule has 0 atom stereocenters. The average molecular weight is 466 g/mol. The van der Waals surface area contributed by atoms with E-state index in [1.807, 2.05) is 32.2 Å². The van der Waals surface area contributed by atoms with Crippen LogP contribution >= 0.6 is 0 Å². The number of fused-ring (bicyclic) bond motifs is 1. The molecule has 176 valence electrons. The number of nitrogens with zero attached hydrogens (tertiary/aromatic N) is 4. The van der Waals surface area contributed by atoms with Gasteiger partial charge in [0.2, 0.25) is 5.92 Å². The fourth-order valence-electron chi connectivity index (χ4n) is 4.94. The molecule has 1 aliphatic carbocycles. The zero-order chi connectivity index (χ0) is 24.0. The number of benzene rings is 1. The first-order valence-corrected chi connectivity index (χ1v) is 11.3. The van der Waals surface area contributed by atoms with Crippen molar-refractivity contribution in [1.29, 1.82) is 0 Å². The van der Waals surface area contributed by atoms with E-state index < -0.39 is 10.8 Å². The molecule has 0 amide bonds. The lowest BCUT2D eigenvalue weighted by molar-refractivity contribution is -0.389. The number of nitro groups is 1. The number of hydrogen-bond acceptors (Lipinski definition) is 5.